The molecule has 0 spiro atoms. The molecule has 3 heterocycles. The molecule has 0 aliphatic rings. The van der Waals surface area contributed by atoms with Gasteiger partial charge >= 0.3 is 0 Å². The minimum Gasteiger partial charge on any atom is -0.382 e. The monoisotopic (exact) mass is 374 g/mol. The molecule has 0 aliphatic carbocycles. The molecular weight excluding hydrogens is 359 g/mol. The molecule has 3 N–H and O–H groups in total. The first-order valence-corrected chi connectivity index (χ1v) is 8.50. The molecule has 0 aliphatic heterocycles. The van der Waals surface area contributed by atoms with Gasteiger partial charge in [-0.05, 0) is 24.3 Å². The molecule has 0 amide bonds. The third-order valence-electron chi connectivity index (χ3n) is 4.19. The highest BCUT2D eigenvalue weighted by Crippen LogP contribution is 2.22. The molecular formula is C19H15FN8. The van der Waals surface area contributed by atoms with Crippen LogP contribution in [0.2, 0.25) is 0 Å². The van der Waals surface area contributed by atoms with E-state index in [0.29, 0.717) is 35.9 Å². The Morgan fingerprint density at radius 1 is 1.18 bits per heavy atom. The topological polar surface area (TPSA) is 118 Å². The van der Waals surface area contributed by atoms with E-state index in [-0.39, 0.29) is 17.2 Å². The predicted octanol–water partition coefficient (Wildman–Crippen LogP) is 2.46. The number of nitrogens with two attached hydrogens (primary N) is 1. The maximum Gasteiger partial charge on any atom is 0.149 e. The lowest BCUT2D eigenvalue weighted by Gasteiger charge is -2.10. The normalized spacial score (nSPS) is 10.7. The molecule has 0 saturated heterocycles. The fourth-order valence-electron chi connectivity index (χ4n) is 2.95. The Labute approximate surface area is 159 Å². The molecule has 3 aromatic heterocycles. The van der Waals surface area contributed by atoms with Crippen LogP contribution in [0.4, 0.5) is 16.0 Å². The fraction of sp³-hybridized carbons (Fsp3) is 0.105. The number of nitrogens with zero attached hydrogens (tertiary/aromatic N) is 6. The Balaban J connectivity index is 1.66. The number of fused-ring (bicyclic) bond motifs is 1. The largest absolute Gasteiger partial charge is 0.382 e. The van der Waals surface area contributed by atoms with Crippen LogP contribution in [-0.4, -0.2) is 31.0 Å². The van der Waals surface area contributed by atoms with Crippen LogP contribution in [0.5, 0.6) is 0 Å². The van der Waals surface area contributed by atoms with Crippen LogP contribution in [0.1, 0.15) is 11.4 Å². The van der Waals surface area contributed by atoms with E-state index in [1.54, 1.807) is 12.3 Å². The van der Waals surface area contributed by atoms with Crippen LogP contribution < -0.4 is 11.1 Å². The molecule has 0 bridgehead atoms. The molecule has 4 aromatic rings. The van der Waals surface area contributed by atoms with Gasteiger partial charge in [0.25, 0.3) is 0 Å². The summed E-state index contributed by atoms with van der Waals surface area (Å²) in [6.45, 7) is 0.434. The van der Waals surface area contributed by atoms with Gasteiger partial charge in [0.05, 0.1) is 11.0 Å². The van der Waals surface area contributed by atoms with E-state index < -0.39 is 0 Å². The number of nitriles is 1. The summed E-state index contributed by atoms with van der Waals surface area (Å²) in [6.07, 6.45) is 3.47. The third kappa shape index (κ3) is 3.19. The summed E-state index contributed by atoms with van der Waals surface area (Å²) in [7, 11) is 0. The molecule has 0 radical (unpaired) electrons. The zero-order valence-electron chi connectivity index (χ0n) is 14.7. The number of aromatic nitrogens is 5. The smallest absolute Gasteiger partial charge is 0.149 e. The van der Waals surface area contributed by atoms with Crippen LogP contribution in [0.3, 0.4) is 0 Å². The van der Waals surface area contributed by atoms with Crippen LogP contribution >= 0.6 is 0 Å². The van der Waals surface area contributed by atoms with Crippen molar-refractivity contribution in [1.82, 2.24) is 24.5 Å². The van der Waals surface area contributed by atoms with Gasteiger partial charge in [-0.2, -0.15) is 5.26 Å². The third-order valence-corrected chi connectivity index (χ3v) is 4.19. The lowest BCUT2D eigenvalue weighted by atomic mass is 10.3. The Morgan fingerprint density at radius 2 is 2.07 bits per heavy atom. The summed E-state index contributed by atoms with van der Waals surface area (Å²) in [5, 5.41) is 12.3. The van der Waals surface area contributed by atoms with Gasteiger partial charge in [-0.25, -0.2) is 24.3 Å². The second-order valence-electron chi connectivity index (χ2n) is 5.96. The van der Waals surface area contributed by atoms with Gasteiger partial charge in [0, 0.05) is 25.2 Å². The summed E-state index contributed by atoms with van der Waals surface area (Å²) < 4.78 is 15.5. The lowest BCUT2D eigenvalue weighted by molar-refractivity contribution is 0.629. The molecule has 0 saturated carbocycles. The Kier molecular flexibility index (Phi) is 4.51. The summed E-state index contributed by atoms with van der Waals surface area (Å²) in [5.41, 5.74) is 7.21. The van der Waals surface area contributed by atoms with Gasteiger partial charge in [0.2, 0.25) is 0 Å². The summed E-state index contributed by atoms with van der Waals surface area (Å²) in [5.74, 6) is 1.53. The van der Waals surface area contributed by atoms with Gasteiger partial charge in [-0.1, -0.05) is 6.07 Å². The highest BCUT2D eigenvalue weighted by Gasteiger charge is 2.14. The van der Waals surface area contributed by atoms with E-state index in [4.69, 9.17) is 5.73 Å². The first-order chi connectivity index (χ1) is 13.7. The van der Waals surface area contributed by atoms with Gasteiger partial charge in [0.15, 0.2) is 0 Å². The number of imidazole rings is 1. The van der Waals surface area contributed by atoms with Crippen molar-refractivity contribution in [2.24, 2.45) is 0 Å². The van der Waals surface area contributed by atoms with E-state index in [2.05, 4.69) is 25.3 Å². The van der Waals surface area contributed by atoms with Crippen molar-refractivity contribution in [2.45, 2.75) is 6.42 Å². The van der Waals surface area contributed by atoms with Crippen molar-refractivity contribution in [3.8, 4) is 11.9 Å². The summed E-state index contributed by atoms with van der Waals surface area (Å²) in [4.78, 5) is 16.8. The molecule has 1 aromatic carbocycles. The van der Waals surface area contributed by atoms with E-state index in [1.807, 2.05) is 28.8 Å². The van der Waals surface area contributed by atoms with Gasteiger partial charge in [0.1, 0.15) is 47.1 Å². The highest BCUT2D eigenvalue weighted by molar-refractivity contribution is 5.78. The first-order valence-electron chi connectivity index (χ1n) is 8.50. The molecule has 28 heavy (non-hydrogen) atoms. The zero-order chi connectivity index (χ0) is 19.5. The quantitative estimate of drug-likeness (QED) is 0.551. The standard InChI is InChI=1S/C19H15FN8/c20-12-4-5-15-14(9-12)27-17(28(15)16-3-1-2-7-23-16)6-8-24-19-13(10-21)18(22)25-11-26-19/h1-5,7,9,11H,6,8H2,(H3,22,24,25,26). The van der Waals surface area contributed by atoms with Crippen LogP contribution in [0.15, 0.2) is 48.9 Å². The van der Waals surface area contributed by atoms with Gasteiger partial charge < -0.3 is 11.1 Å². The SMILES string of the molecule is N#Cc1c(N)ncnc1NCCc1nc2cc(F)ccc2n1-c1ccccn1. The van der Waals surface area contributed by atoms with E-state index >= 15 is 0 Å². The van der Waals surface area contributed by atoms with E-state index in [9.17, 15) is 9.65 Å². The van der Waals surface area contributed by atoms with E-state index in [1.165, 1.54) is 18.5 Å². The molecule has 8 nitrogen and oxygen atoms in total. The number of nitrogen functional groups attached to an aromatic ring is 1. The second kappa shape index (κ2) is 7.28. The van der Waals surface area contributed by atoms with Crippen LogP contribution in [0.25, 0.3) is 16.9 Å². The number of hydrogen-bond donors (Lipinski definition) is 2. The lowest BCUT2D eigenvalue weighted by Crippen LogP contribution is -2.13. The minimum absolute atomic E-state index is 0.121. The molecule has 0 atom stereocenters. The second-order valence-corrected chi connectivity index (χ2v) is 5.96. The molecule has 4 rings (SSSR count). The van der Waals surface area contributed by atoms with Crippen molar-refractivity contribution >= 4 is 22.7 Å². The number of benzene rings is 1. The van der Waals surface area contributed by atoms with Crippen molar-refractivity contribution in [2.75, 3.05) is 17.6 Å². The molecule has 0 fully saturated rings. The number of anilines is 2. The fourth-order valence-corrected chi connectivity index (χ4v) is 2.95. The Bertz CT molecular complexity index is 1180. The zero-order valence-corrected chi connectivity index (χ0v) is 14.7. The first kappa shape index (κ1) is 17.4. The number of hydrogen-bond acceptors (Lipinski definition) is 7. The maximum absolute atomic E-state index is 13.6. The highest BCUT2D eigenvalue weighted by atomic mass is 19.1. The van der Waals surface area contributed by atoms with E-state index in [0.717, 1.165) is 5.52 Å². The van der Waals surface area contributed by atoms with Crippen LogP contribution in [0, 0.1) is 17.1 Å². The molecule has 9 heteroatoms. The van der Waals surface area contributed by atoms with Gasteiger partial charge in [-0.15, -0.1) is 0 Å². The van der Waals surface area contributed by atoms with Crippen molar-refractivity contribution < 1.29 is 4.39 Å². The summed E-state index contributed by atoms with van der Waals surface area (Å²) >= 11 is 0. The Morgan fingerprint density at radius 3 is 2.86 bits per heavy atom. The van der Waals surface area contributed by atoms with Crippen molar-refractivity contribution in [3.05, 3.63) is 66.1 Å². The van der Waals surface area contributed by atoms with Gasteiger partial charge in [-0.3, -0.25) is 4.57 Å². The number of rotatable bonds is 5. The van der Waals surface area contributed by atoms with Crippen LogP contribution in [-0.2, 0) is 6.42 Å². The predicted molar refractivity (Wildman–Crippen MR) is 102 cm³/mol. The molecule has 138 valence electrons. The molecule has 0 unspecified atom stereocenters. The Hall–Kier alpha value is -4.06. The summed E-state index contributed by atoms with van der Waals surface area (Å²) in [6, 6.07) is 12.0. The minimum atomic E-state index is -0.349. The number of pyridine rings is 1. The number of nitrogens with one attached hydrogen (secondary N) is 1. The average Bonchev–Trinajstić information content (AvgIpc) is 3.06. The average molecular weight is 374 g/mol. The van der Waals surface area contributed by atoms with Crippen molar-refractivity contribution in [1.29, 1.82) is 5.26 Å². The maximum atomic E-state index is 13.6. The van der Waals surface area contributed by atoms with Crippen molar-refractivity contribution in [3.63, 3.8) is 0 Å². The number of halogens is 1.